The largest absolute Gasteiger partial charge is 0.238 e. The number of benzene rings is 1. The van der Waals surface area contributed by atoms with E-state index in [0.717, 1.165) is 31.2 Å². The van der Waals surface area contributed by atoms with Crippen LogP contribution in [0.15, 0.2) is 23.1 Å². The highest BCUT2D eigenvalue weighted by atomic mass is 32.2. The highest BCUT2D eigenvalue weighted by Gasteiger charge is 2.16. The molecule has 0 aromatic heterocycles. The molecule has 0 fully saturated rings. The number of hydrogen-bond acceptors (Lipinski definition) is 2. The molecule has 0 amide bonds. The number of aryl methyl sites for hydroxylation is 1. The molecule has 1 rings (SSSR count). The minimum absolute atomic E-state index is 0.346. The van der Waals surface area contributed by atoms with E-state index < -0.39 is 10.0 Å². The van der Waals surface area contributed by atoms with Crippen molar-refractivity contribution >= 4 is 10.0 Å². The molecule has 3 nitrogen and oxygen atoms in total. The maximum Gasteiger partial charge on any atom is 0.238 e. The SMILES string of the molecule is CCCCCCCCCc1cccc(S(N)(=O)=O)c1CCCCCCCCC. The first-order valence-corrected chi connectivity index (χ1v) is 13.2. The smallest absolute Gasteiger partial charge is 0.225 e. The van der Waals surface area contributed by atoms with E-state index in [9.17, 15) is 8.42 Å². The number of sulfonamides is 1. The van der Waals surface area contributed by atoms with E-state index in [1.165, 1.54) is 82.6 Å². The summed E-state index contributed by atoms with van der Waals surface area (Å²) in [6.07, 6.45) is 19.3. The van der Waals surface area contributed by atoms with E-state index in [-0.39, 0.29) is 0 Å². The molecule has 0 saturated carbocycles. The van der Waals surface area contributed by atoms with Crippen LogP contribution in [0.1, 0.15) is 115 Å². The Morgan fingerprint density at radius 1 is 0.679 bits per heavy atom. The standard InChI is InChI=1S/C24H43NO2S/c1-3-5-7-9-11-13-15-18-22-19-17-21-24(28(25,26)27)23(22)20-16-14-12-10-8-6-4-2/h17,19,21H,3-16,18,20H2,1-2H3,(H2,25,26,27). The molecule has 0 radical (unpaired) electrons. The van der Waals surface area contributed by atoms with E-state index in [1.807, 2.05) is 6.07 Å². The molecule has 0 aliphatic carbocycles. The maximum absolute atomic E-state index is 12.1. The molecule has 0 aliphatic rings. The highest BCUT2D eigenvalue weighted by molar-refractivity contribution is 7.89. The van der Waals surface area contributed by atoms with Crippen LogP contribution >= 0.6 is 0 Å². The Bertz CT molecular complexity index is 625. The second kappa shape index (κ2) is 15.0. The zero-order valence-electron chi connectivity index (χ0n) is 18.3. The van der Waals surface area contributed by atoms with Gasteiger partial charge in [0.05, 0.1) is 4.90 Å². The summed E-state index contributed by atoms with van der Waals surface area (Å²) in [6, 6.07) is 5.63. The van der Waals surface area contributed by atoms with Gasteiger partial charge in [-0.2, -0.15) is 0 Å². The van der Waals surface area contributed by atoms with Gasteiger partial charge in [-0.3, -0.25) is 0 Å². The molecule has 4 heteroatoms. The fourth-order valence-electron chi connectivity index (χ4n) is 3.93. The number of primary sulfonamides is 1. The first kappa shape index (κ1) is 25.2. The number of nitrogens with two attached hydrogens (primary N) is 1. The van der Waals surface area contributed by atoms with Crippen LogP contribution in [0, 0.1) is 0 Å². The van der Waals surface area contributed by atoms with Crippen molar-refractivity contribution in [2.45, 2.75) is 121 Å². The Kier molecular flexibility index (Phi) is 13.5. The molecule has 28 heavy (non-hydrogen) atoms. The molecule has 162 valence electrons. The van der Waals surface area contributed by atoms with Crippen molar-refractivity contribution in [1.29, 1.82) is 0 Å². The summed E-state index contributed by atoms with van der Waals surface area (Å²) in [5.74, 6) is 0. The van der Waals surface area contributed by atoms with E-state index in [4.69, 9.17) is 5.14 Å². The molecule has 0 spiro atoms. The summed E-state index contributed by atoms with van der Waals surface area (Å²) in [5.41, 5.74) is 2.16. The van der Waals surface area contributed by atoms with Crippen LogP contribution in [-0.2, 0) is 22.9 Å². The van der Waals surface area contributed by atoms with Gasteiger partial charge in [0, 0.05) is 0 Å². The van der Waals surface area contributed by atoms with Crippen LogP contribution in [0.5, 0.6) is 0 Å². The summed E-state index contributed by atoms with van der Waals surface area (Å²) < 4.78 is 24.1. The van der Waals surface area contributed by atoms with Crippen LogP contribution in [0.25, 0.3) is 0 Å². The van der Waals surface area contributed by atoms with Crippen LogP contribution in [0.3, 0.4) is 0 Å². The van der Waals surface area contributed by atoms with Crippen molar-refractivity contribution in [3.63, 3.8) is 0 Å². The van der Waals surface area contributed by atoms with Gasteiger partial charge in [-0.1, -0.05) is 103 Å². The molecule has 1 aromatic carbocycles. The van der Waals surface area contributed by atoms with Crippen LogP contribution in [0.4, 0.5) is 0 Å². The second-order valence-electron chi connectivity index (χ2n) is 8.18. The van der Waals surface area contributed by atoms with Gasteiger partial charge in [0.1, 0.15) is 0 Å². The lowest BCUT2D eigenvalue weighted by Crippen LogP contribution is -2.16. The first-order valence-electron chi connectivity index (χ1n) is 11.6. The number of unbranched alkanes of at least 4 members (excludes halogenated alkanes) is 12. The predicted molar refractivity (Wildman–Crippen MR) is 121 cm³/mol. The van der Waals surface area contributed by atoms with Gasteiger partial charge < -0.3 is 0 Å². The van der Waals surface area contributed by atoms with E-state index in [0.29, 0.717) is 4.90 Å². The molecule has 0 saturated heterocycles. The molecular weight excluding hydrogens is 366 g/mol. The Morgan fingerprint density at radius 3 is 1.64 bits per heavy atom. The molecule has 1 aromatic rings. The van der Waals surface area contributed by atoms with E-state index in [1.54, 1.807) is 6.07 Å². The van der Waals surface area contributed by atoms with Gasteiger partial charge in [0.15, 0.2) is 0 Å². The van der Waals surface area contributed by atoms with Crippen LogP contribution < -0.4 is 5.14 Å². The van der Waals surface area contributed by atoms with Crippen molar-refractivity contribution < 1.29 is 8.42 Å². The van der Waals surface area contributed by atoms with Crippen molar-refractivity contribution in [2.75, 3.05) is 0 Å². The number of rotatable bonds is 17. The zero-order valence-corrected chi connectivity index (χ0v) is 19.2. The van der Waals surface area contributed by atoms with Gasteiger partial charge in [0.25, 0.3) is 0 Å². The van der Waals surface area contributed by atoms with Crippen molar-refractivity contribution in [3.8, 4) is 0 Å². The number of hydrogen-bond donors (Lipinski definition) is 1. The summed E-state index contributed by atoms with van der Waals surface area (Å²) in [6.45, 7) is 4.47. The fraction of sp³-hybridized carbons (Fsp3) is 0.750. The summed E-state index contributed by atoms with van der Waals surface area (Å²) >= 11 is 0. The molecule has 0 bridgehead atoms. The van der Waals surface area contributed by atoms with Gasteiger partial charge in [-0.25, -0.2) is 13.6 Å². The quantitative estimate of drug-likeness (QED) is 0.284. The van der Waals surface area contributed by atoms with Gasteiger partial charge in [-0.05, 0) is 42.9 Å². The van der Waals surface area contributed by atoms with Gasteiger partial charge in [-0.15, -0.1) is 0 Å². The predicted octanol–water partition coefficient (Wildman–Crippen LogP) is 6.92. The summed E-state index contributed by atoms with van der Waals surface area (Å²) in [4.78, 5) is 0.346. The Morgan fingerprint density at radius 2 is 1.14 bits per heavy atom. The van der Waals surface area contributed by atoms with Crippen LogP contribution in [-0.4, -0.2) is 8.42 Å². The molecule has 2 N–H and O–H groups in total. The van der Waals surface area contributed by atoms with Crippen molar-refractivity contribution in [1.82, 2.24) is 0 Å². The van der Waals surface area contributed by atoms with Crippen molar-refractivity contribution in [3.05, 3.63) is 29.3 Å². The average Bonchev–Trinajstić information content (AvgIpc) is 2.66. The third-order valence-electron chi connectivity index (χ3n) is 5.62. The lowest BCUT2D eigenvalue weighted by Gasteiger charge is -2.14. The van der Waals surface area contributed by atoms with Crippen LogP contribution in [0.2, 0.25) is 0 Å². The molecule has 0 aliphatic heterocycles. The van der Waals surface area contributed by atoms with Crippen molar-refractivity contribution in [2.24, 2.45) is 5.14 Å². The molecule has 0 atom stereocenters. The minimum atomic E-state index is -3.66. The maximum atomic E-state index is 12.1. The lowest BCUT2D eigenvalue weighted by atomic mass is 9.96. The Hall–Kier alpha value is -0.870. The monoisotopic (exact) mass is 409 g/mol. The normalized spacial score (nSPS) is 11.8. The van der Waals surface area contributed by atoms with Gasteiger partial charge >= 0.3 is 0 Å². The Labute approximate surface area is 174 Å². The fourth-order valence-corrected chi connectivity index (χ4v) is 4.77. The zero-order chi connectivity index (χ0) is 20.7. The van der Waals surface area contributed by atoms with Gasteiger partial charge in [0.2, 0.25) is 10.0 Å². The topological polar surface area (TPSA) is 60.2 Å². The Balaban J connectivity index is 2.58. The second-order valence-corrected chi connectivity index (χ2v) is 9.71. The van der Waals surface area contributed by atoms with E-state index in [2.05, 4.69) is 19.9 Å². The third-order valence-corrected chi connectivity index (χ3v) is 6.61. The molecule has 0 heterocycles. The highest BCUT2D eigenvalue weighted by Crippen LogP contribution is 2.24. The lowest BCUT2D eigenvalue weighted by molar-refractivity contribution is 0.578. The summed E-state index contributed by atoms with van der Waals surface area (Å²) in [5, 5.41) is 5.51. The molecular formula is C24H43NO2S. The minimum Gasteiger partial charge on any atom is -0.225 e. The average molecular weight is 410 g/mol. The summed E-state index contributed by atoms with van der Waals surface area (Å²) in [7, 11) is -3.66. The third kappa shape index (κ3) is 10.6. The van der Waals surface area contributed by atoms with E-state index >= 15 is 0 Å². The molecule has 0 unspecified atom stereocenters. The first-order chi connectivity index (χ1) is 13.5.